The van der Waals surface area contributed by atoms with Gasteiger partial charge in [-0.25, -0.2) is 4.98 Å². The van der Waals surface area contributed by atoms with Gasteiger partial charge in [-0.3, -0.25) is 4.79 Å². The van der Waals surface area contributed by atoms with Crippen LogP contribution in [-0.2, 0) is 0 Å². The molecule has 1 heterocycles. The second kappa shape index (κ2) is 5.72. The molecule has 0 saturated heterocycles. The number of benzene rings is 1. The van der Waals surface area contributed by atoms with E-state index in [0.29, 0.717) is 11.4 Å². The molecule has 4 heteroatoms. The zero-order chi connectivity index (χ0) is 15.7. The van der Waals surface area contributed by atoms with Crippen LogP contribution in [0.15, 0.2) is 16.9 Å². The highest BCUT2D eigenvalue weighted by Gasteiger charge is 2.16. The van der Waals surface area contributed by atoms with Gasteiger partial charge in [0.15, 0.2) is 0 Å². The van der Waals surface area contributed by atoms with Crippen molar-refractivity contribution in [1.82, 2.24) is 9.97 Å². The Bertz CT molecular complexity index is 708. The van der Waals surface area contributed by atoms with Crippen LogP contribution in [0, 0.1) is 34.6 Å². The van der Waals surface area contributed by atoms with Crippen LogP contribution >= 0.6 is 0 Å². The van der Waals surface area contributed by atoms with Crippen LogP contribution in [0.1, 0.15) is 46.7 Å². The van der Waals surface area contributed by atoms with Gasteiger partial charge >= 0.3 is 0 Å². The van der Waals surface area contributed by atoms with Crippen molar-refractivity contribution in [2.45, 2.75) is 47.6 Å². The first-order chi connectivity index (χ1) is 9.79. The molecule has 112 valence electrons. The smallest absolute Gasteiger partial charge is 0.256 e. The van der Waals surface area contributed by atoms with E-state index in [9.17, 15) is 4.79 Å². The van der Waals surface area contributed by atoms with Gasteiger partial charge in [0.2, 0.25) is 0 Å². The lowest BCUT2D eigenvalue weighted by atomic mass is 10.0. The molecule has 0 radical (unpaired) electrons. The summed E-state index contributed by atoms with van der Waals surface area (Å²) in [7, 11) is 0. The number of anilines is 1. The first-order valence-corrected chi connectivity index (χ1v) is 7.21. The summed E-state index contributed by atoms with van der Waals surface area (Å²) in [6, 6.07) is 4.20. The van der Waals surface area contributed by atoms with Crippen molar-refractivity contribution in [1.29, 1.82) is 0 Å². The molecule has 0 saturated carbocycles. The van der Waals surface area contributed by atoms with E-state index in [2.05, 4.69) is 48.2 Å². The molecule has 0 amide bonds. The van der Waals surface area contributed by atoms with Crippen LogP contribution in [0.5, 0.6) is 0 Å². The van der Waals surface area contributed by atoms with Gasteiger partial charge in [-0.2, -0.15) is 0 Å². The Morgan fingerprint density at radius 1 is 1.10 bits per heavy atom. The second-order valence-corrected chi connectivity index (χ2v) is 5.79. The summed E-state index contributed by atoms with van der Waals surface area (Å²) < 4.78 is 0. The largest absolute Gasteiger partial charge is 0.378 e. The van der Waals surface area contributed by atoms with Gasteiger partial charge in [-0.05, 0) is 52.7 Å². The molecule has 21 heavy (non-hydrogen) atoms. The highest BCUT2D eigenvalue weighted by molar-refractivity contribution is 5.59. The van der Waals surface area contributed by atoms with Crippen LogP contribution in [0.2, 0.25) is 0 Å². The summed E-state index contributed by atoms with van der Waals surface area (Å²) in [5, 5.41) is 3.46. The zero-order valence-electron chi connectivity index (χ0n) is 13.6. The van der Waals surface area contributed by atoms with E-state index < -0.39 is 0 Å². The number of aryl methyl sites for hydroxylation is 5. The summed E-state index contributed by atoms with van der Waals surface area (Å²) in [6.45, 7) is 11.9. The van der Waals surface area contributed by atoms with Gasteiger partial charge < -0.3 is 10.3 Å². The van der Waals surface area contributed by atoms with E-state index >= 15 is 0 Å². The Morgan fingerprint density at radius 2 is 1.67 bits per heavy atom. The number of nitrogens with zero attached hydrogens (tertiary/aromatic N) is 1. The second-order valence-electron chi connectivity index (χ2n) is 5.79. The van der Waals surface area contributed by atoms with Crippen molar-refractivity contribution in [3.63, 3.8) is 0 Å². The van der Waals surface area contributed by atoms with Crippen molar-refractivity contribution < 1.29 is 0 Å². The Kier molecular flexibility index (Phi) is 4.16. The summed E-state index contributed by atoms with van der Waals surface area (Å²) >= 11 is 0. The predicted molar refractivity (Wildman–Crippen MR) is 87.0 cm³/mol. The molecule has 1 atom stereocenters. The lowest BCUT2D eigenvalue weighted by molar-refractivity contribution is 0.811. The molecule has 2 N–H and O–H groups in total. The Morgan fingerprint density at radius 3 is 2.19 bits per heavy atom. The molecule has 0 aliphatic heterocycles. The average molecular weight is 285 g/mol. The molecule has 2 aromatic rings. The van der Waals surface area contributed by atoms with Crippen molar-refractivity contribution in [2.24, 2.45) is 0 Å². The van der Waals surface area contributed by atoms with E-state index in [-0.39, 0.29) is 11.6 Å². The standard InChI is InChI=1S/C17H23N3O/c1-9-7-10(2)16(11(3)8-9)19-13(5)15-12(4)18-14(6)20-17(15)21/h7-8,13,19H,1-6H3,(H,18,20,21). The SMILES string of the molecule is Cc1cc(C)c(NC(C)c2c(C)nc(C)[nH]c2=O)c(C)c1. The highest BCUT2D eigenvalue weighted by Crippen LogP contribution is 2.26. The molecule has 1 aromatic heterocycles. The molecule has 0 fully saturated rings. The fourth-order valence-corrected chi connectivity index (χ4v) is 2.94. The molecule has 0 aliphatic carbocycles. The van der Waals surface area contributed by atoms with Gasteiger partial charge in [0.05, 0.1) is 17.3 Å². The van der Waals surface area contributed by atoms with E-state index in [1.165, 1.54) is 16.7 Å². The van der Waals surface area contributed by atoms with Crippen LogP contribution in [0.25, 0.3) is 0 Å². The first-order valence-electron chi connectivity index (χ1n) is 7.21. The third kappa shape index (κ3) is 3.15. The maximum Gasteiger partial charge on any atom is 0.256 e. The van der Waals surface area contributed by atoms with Crippen molar-refractivity contribution >= 4 is 5.69 Å². The number of H-pyrrole nitrogens is 1. The zero-order valence-corrected chi connectivity index (χ0v) is 13.6. The van der Waals surface area contributed by atoms with E-state index in [0.717, 1.165) is 11.4 Å². The molecule has 0 spiro atoms. The van der Waals surface area contributed by atoms with Crippen molar-refractivity contribution in [2.75, 3.05) is 5.32 Å². The molecular weight excluding hydrogens is 262 g/mol. The minimum absolute atomic E-state index is 0.0672. The van der Waals surface area contributed by atoms with Gasteiger partial charge in [0.1, 0.15) is 5.82 Å². The maximum absolute atomic E-state index is 12.2. The van der Waals surface area contributed by atoms with Gasteiger partial charge in [-0.1, -0.05) is 17.7 Å². The monoisotopic (exact) mass is 285 g/mol. The van der Waals surface area contributed by atoms with Crippen molar-refractivity contribution in [3.8, 4) is 0 Å². The summed E-state index contributed by atoms with van der Waals surface area (Å²) in [4.78, 5) is 19.3. The lowest BCUT2D eigenvalue weighted by Gasteiger charge is -2.20. The van der Waals surface area contributed by atoms with Crippen LogP contribution in [0.4, 0.5) is 5.69 Å². The normalized spacial score (nSPS) is 12.3. The molecule has 0 bridgehead atoms. The topological polar surface area (TPSA) is 57.8 Å². The Labute approximate surface area is 125 Å². The van der Waals surface area contributed by atoms with Gasteiger partial charge in [0.25, 0.3) is 5.56 Å². The number of rotatable bonds is 3. The minimum atomic E-state index is -0.0954. The van der Waals surface area contributed by atoms with E-state index in [1.54, 1.807) is 6.92 Å². The van der Waals surface area contributed by atoms with Crippen LogP contribution in [-0.4, -0.2) is 9.97 Å². The van der Waals surface area contributed by atoms with Gasteiger partial charge in [-0.15, -0.1) is 0 Å². The maximum atomic E-state index is 12.2. The third-order valence-electron chi connectivity index (χ3n) is 3.74. The average Bonchev–Trinajstić information content (AvgIpc) is 2.32. The minimum Gasteiger partial charge on any atom is -0.378 e. The summed E-state index contributed by atoms with van der Waals surface area (Å²) in [6.07, 6.45) is 0. The Hall–Kier alpha value is -2.10. The predicted octanol–water partition coefficient (Wildman–Crippen LogP) is 3.49. The first kappa shape index (κ1) is 15.3. The van der Waals surface area contributed by atoms with Gasteiger partial charge in [0, 0.05) is 5.69 Å². The van der Waals surface area contributed by atoms with Crippen molar-refractivity contribution in [3.05, 3.63) is 56.3 Å². The van der Waals surface area contributed by atoms with E-state index in [1.807, 2.05) is 13.8 Å². The number of aromatic amines is 1. The fourth-order valence-electron chi connectivity index (χ4n) is 2.94. The fraction of sp³-hybridized carbons (Fsp3) is 0.412. The molecule has 2 rings (SSSR count). The number of hydrogen-bond donors (Lipinski definition) is 2. The molecular formula is C17H23N3O. The third-order valence-corrected chi connectivity index (χ3v) is 3.74. The van der Waals surface area contributed by atoms with Crippen LogP contribution in [0.3, 0.4) is 0 Å². The Balaban J connectivity index is 2.40. The van der Waals surface area contributed by atoms with Crippen LogP contribution < -0.4 is 10.9 Å². The highest BCUT2D eigenvalue weighted by atomic mass is 16.1. The number of aromatic nitrogens is 2. The quantitative estimate of drug-likeness (QED) is 0.907. The molecule has 1 unspecified atom stereocenters. The summed E-state index contributed by atoms with van der Waals surface area (Å²) in [5.74, 6) is 0.649. The summed E-state index contributed by atoms with van der Waals surface area (Å²) in [5.41, 5.74) is 6.12. The lowest BCUT2D eigenvalue weighted by Crippen LogP contribution is -2.23. The number of nitrogens with one attached hydrogen (secondary N) is 2. The molecule has 0 aliphatic rings. The van der Waals surface area contributed by atoms with E-state index in [4.69, 9.17) is 0 Å². The molecule has 1 aromatic carbocycles. The molecule has 4 nitrogen and oxygen atoms in total. The number of hydrogen-bond acceptors (Lipinski definition) is 3.